The first-order chi connectivity index (χ1) is 13.2. The summed E-state index contributed by atoms with van der Waals surface area (Å²) in [5, 5.41) is 2.78. The zero-order chi connectivity index (χ0) is 19.1. The number of ether oxygens (including phenoxy) is 1. The van der Waals surface area contributed by atoms with E-state index >= 15 is 0 Å². The summed E-state index contributed by atoms with van der Waals surface area (Å²) in [6.45, 7) is 1.61. The zero-order valence-electron chi connectivity index (χ0n) is 15.0. The fourth-order valence-corrected chi connectivity index (χ4v) is 2.96. The molecule has 2 aromatic carbocycles. The highest BCUT2D eigenvalue weighted by Gasteiger charge is 2.34. The second-order valence-corrected chi connectivity index (χ2v) is 6.30. The maximum atomic E-state index is 12.2. The molecule has 0 fully saturated rings. The first-order valence-corrected chi connectivity index (χ1v) is 9.00. The fraction of sp³-hybridized carbons (Fsp3) is 0.286. The summed E-state index contributed by atoms with van der Waals surface area (Å²) in [5.74, 6) is -0.689. The number of benzene rings is 2. The Balaban J connectivity index is 1.31. The van der Waals surface area contributed by atoms with Gasteiger partial charge in [0.1, 0.15) is 0 Å². The normalized spacial score (nSPS) is 13.0. The highest BCUT2D eigenvalue weighted by Crippen LogP contribution is 2.22. The molecule has 0 saturated heterocycles. The van der Waals surface area contributed by atoms with Gasteiger partial charge in [0.25, 0.3) is 11.8 Å². The van der Waals surface area contributed by atoms with Crippen LogP contribution in [0.2, 0.25) is 0 Å². The highest BCUT2D eigenvalue weighted by molar-refractivity contribution is 6.21. The summed E-state index contributed by atoms with van der Waals surface area (Å²) < 4.78 is 5.51. The summed E-state index contributed by atoms with van der Waals surface area (Å²) in [7, 11) is 0. The number of rotatable bonds is 9. The predicted molar refractivity (Wildman–Crippen MR) is 100 cm³/mol. The van der Waals surface area contributed by atoms with Crippen LogP contribution in [-0.4, -0.2) is 42.3 Å². The van der Waals surface area contributed by atoms with E-state index in [4.69, 9.17) is 4.74 Å². The molecule has 3 rings (SSSR count). The van der Waals surface area contributed by atoms with Crippen molar-refractivity contribution in [2.75, 3.05) is 19.7 Å². The van der Waals surface area contributed by atoms with Crippen LogP contribution in [0.25, 0.3) is 0 Å². The summed E-state index contributed by atoms with van der Waals surface area (Å²) in [5.41, 5.74) is 1.95. The van der Waals surface area contributed by atoms with Crippen molar-refractivity contribution in [3.8, 4) is 0 Å². The maximum absolute atomic E-state index is 12.2. The van der Waals surface area contributed by atoms with E-state index in [2.05, 4.69) is 5.32 Å². The van der Waals surface area contributed by atoms with Crippen molar-refractivity contribution in [2.45, 2.75) is 19.4 Å². The number of fused-ring (bicyclic) bond motifs is 1. The molecule has 0 aromatic heterocycles. The number of carbonyl (C=O) groups excluding carboxylic acids is 3. The highest BCUT2D eigenvalue weighted by atomic mass is 16.5. The van der Waals surface area contributed by atoms with Crippen LogP contribution in [0, 0.1) is 0 Å². The molecule has 6 heteroatoms. The molecule has 0 unspecified atom stereocenters. The van der Waals surface area contributed by atoms with Gasteiger partial charge in [-0.2, -0.15) is 0 Å². The number of carbonyl (C=O) groups is 3. The Bertz CT molecular complexity index is 785. The molecule has 1 aliphatic rings. The number of nitrogens with zero attached hydrogens (tertiary/aromatic N) is 1. The van der Waals surface area contributed by atoms with E-state index in [1.807, 2.05) is 30.3 Å². The molecule has 140 valence electrons. The standard InChI is InChI=1S/C21H22N2O4/c24-19(22-12-14-27-15-16-7-2-1-3-8-16)11-6-13-23-20(25)17-9-4-5-10-18(17)21(23)26/h1-5,7-10H,6,11-15H2,(H,22,24). The molecule has 0 aliphatic carbocycles. The average molecular weight is 366 g/mol. The van der Waals surface area contributed by atoms with E-state index < -0.39 is 0 Å². The number of hydrogen-bond acceptors (Lipinski definition) is 4. The van der Waals surface area contributed by atoms with Crippen molar-refractivity contribution < 1.29 is 19.1 Å². The molecule has 0 bridgehead atoms. The number of imide groups is 1. The Hall–Kier alpha value is -2.99. The first kappa shape index (κ1) is 18.8. The summed E-state index contributed by atoms with van der Waals surface area (Å²) >= 11 is 0. The smallest absolute Gasteiger partial charge is 0.261 e. The lowest BCUT2D eigenvalue weighted by atomic mass is 10.1. The molecular formula is C21H22N2O4. The Morgan fingerprint density at radius 2 is 1.56 bits per heavy atom. The van der Waals surface area contributed by atoms with Crippen LogP contribution in [0.1, 0.15) is 39.1 Å². The van der Waals surface area contributed by atoms with Crippen molar-refractivity contribution >= 4 is 17.7 Å². The van der Waals surface area contributed by atoms with Gasteiger partial charge in [-0.15, -0.1) is 0 Å². The lowest BCUT2D eigenvalue weighted by Gasteiger charge is -2.13. The fourth-order valence-electron chi connectivity index (χ4n) is 2.96. The van der Waals surface area contributed by atoms with E-state index in [1.54, 1.807) is 24.3 Å². The quantitative estimate of drug-likeness (QED) is 0.546. The van der Waals surface area contributed by atoms with Gasteiger partial charge in [-0.05, 0) is 24.1 Å². The maximum Gasteiger partial charge on any atom is 0.261 e. The monoisotopic (exact) mass is 366 g/mol. The van der Waals surface area contributed by atoms with Crippen molar-refractivity contribution in [3.05, 3.63) is 71.3 Å². The molecular weight excluding hydrogens is 344 g/mol. The van der Waals surface area contributed by atoms with E-state index in [1.165, 1.54) is 4.90 Å². The van der Waals surface area contributed by atoms with Gasteiger partial charge in [0.15, 0.2) is 0 Å². The van der Waals surface area contributed by atoms with Crippen LogP contribution in [-0.2, 0) is 16.1 Å². The molecule has 0 radical (unpaired) electrons. The third kappa shape index (κ3) is 4.80. The van der Waals surface area contributed by atoms with Crippen molar-refractivity contribution in [3.63, 3.8) is 0 Å². The molecule has 2 aromatic rings. The first-order valence-electron chi connectivity index (χ1n) is 9.00. The molecule has 1 heterocycles. The molecule has 1 aliphatic heterocycles. The number of hydrogen-bond donors (Lipinski definition) is 1. The Morgan fingerprint density at radius 1 is 0.926 bits per heavy atom. The van der Waals surface area contributed by atoms with Crippen LogP contribution in [0.15, 0.2) is 54.6 Å². The molecule has 0 atom stereocenters. The van der Waals surface area contributed by atoms with Gasteiger partial charge in [0.2, 0.25) is 5.91 Å². The second-order valence-electron chi connectivity index (χ2n) is 6.30. The largest absolute Gasteiger partial charge is 0.375 e. The van der Waals surface area contributed by atoms with Crippen LogP contribution in [0.4, 0.5) is 0 Å². The van der Waals surface area contributed by atoms with E-state index in [0.29, 0.717) is 37.3 Å². The molecule has 0 saturated carbocycles. The minimum atomic E-state index is -0.287. The van der Waals surface area contributed by atoms with E-state index in [0.717, 1.165) is 5.56 Å². The number of amides is 3. The van der Waals surface area contributed by atoms with Crippen LogP contribution in [0.3, 0.4) is 0 Å². The molecule has 27 heavy (non-hydrogen) atoms. The SMILES string of the molecule is O=C(CCCN1C(=O)c2ccccc2C1=O)NCCOCc1ccccc1. The Kier molecular flexibility index (Phi) is 6.33. The van der Waals surface area contributed by atoms with Crippen LogP contribution >= 0.6 is 0 Å². The molecule has 1 N–H and O–H groups in total. The third-order valence-electron chi connectivity index (χ3n) is 4.34. The Morgan fingerprint density at radius 3 is 2.22 bits per heavy atom. The predicted octanol–water partition coefficient (Wildman–Crippen LogP) is 2.40. The van der Waals surface area contributed by atoms with Gasteiger partial charge in [-0.3, -0.25) is 19.3 Å². The van der Waals surface area contributed by atoms with Crippen molar-refractivity contribution in [1.82, 2.24) is 10.2 Å². The molecule has 3 amide bonds. The van der Waals surface area contributed by atoms with Crippen molar-refractivity contribution in [2.24, 2.45) is 0 Å². The summed E-state index contributed by atoms with van der Waals surface area (Å²) in [4.78, 5) is 37.5. The summed E-state index contributed by atoms with van der Waals surface area (Å²) in [6, 6.07) is 16.6. The second kappa shape index (κ2) is 9.09. The van der Waals surface area contributed by atoms with Gasteiger partial charge in [0, 0.05) is 19.5 Å². The zero-order valence-corrected chi connectivity index (χ0v) is 15.0. The Labute approximate surface area is 158 Å². The lowest BCUT2D eigenvalue weighted by Crippen LogP contribution is -2.32. The van der Waals surface area contributed by atoms with Crippen LogP contribution < -0.4 is 5.32 Å². The summed E-state index contributed by atoms with van der Waals surface area (Å²) in [6.07, 6.45) is 0.689. The van der Waals surface area contributed by atoms with Gasteiger partial charge in [-0.1, -0.05) is 42.5 Å². The molecule has 6 nitrogen and oxygen atoms in total. The topological polar surface area (TPSA) is 75.7 Å². The molecule has 0 spiro atoms. The van der Waals surface area contributed by atoms with Gasteiger partial charge in [-0.25, -0.2) is 0 Å². The lowest BCUT2D eigenvalue weighted by molar-refractivity contribution is -0.121. The van der Waals surface area contributed by atoms with Crippen molar-refractivity contribution in [1.29, 1.82) is 0 Å². The van der Waals surface area contributed by atoms with Gasteiger partial charge < -0.3 is 10.1 Å². The minimum Gasteiger partial charge on any atom is -0.375 e. The minimum absolute atomic E-state index is 0.116. The number of nitrogens with one attached hydrogen (secondary N) is 1. The van der Waals surface area contributed by atoms with Gasteiger partial charge in [0.05, 0.1) is 24.3 Å². The van der Waals surface area contributed by atoms with Crippen LogP contribution in [0.5, 0.6) is 0 Å². The average Bonchev–Trinajstić information content (AvgIpc) is 2.94. The van der Waals surface area contributed by atoms with E-state index in [-0.39, 0.29) is 30.7 Å². The third-order valence-corrected chi connectivity index (χ3v) is 4.34. The van der Waals surface area contributed by atoms with Gasteiger partial charge >= 0.3 is 0 Å². The van der Waals surface area contributed by atoms with E-state index in [9.17, 15) is 14.4 Å².